The van der Waals surface area contributed by atoms with Crippen LogP contribution in [-0.2, 0) is 0 Å². The SMILES string of the molecule is Nc1c(C(F)F)ncc(O)c1C=O. The maximum atomic E-state index is 12.1. The Morgan fingerprint density at radius 3 is 2.69 bits per heavy atom. The zero-order chi connectivity index (χ0) is 10.0. The number of aromatic hydroxyl groups is 1. The zero-order valence-corrected chi connectivity index (χ0v) is 6.37. The number of rotatable bonds is 2. The van der Waals surface area contributed by atoms with Gasteiger partial charge in [0.25, 0.3) is 6.43 Å². The summed E-state index contributed by atoms with van der Waals surface area (Å²) in [6.45, 7) is 0. The lowest BCUT2D eigenvalue weighted by atomic mass is 10.2. The van der Waals surface area contributed by atoms with Gasteiger partial charge in [-0.15, -0.1) is 0 Å². The fraction of sp³-hybridized carbons (Fsp3) is 0.143. The molecule has 0 spiro atoms. The van der Waals surface area contributed by atoms with Gasteiger partial charge in [0, 0.05) is 0 Å². The third-order valence-corrected chi connectivity index (χ3v) is 1.49. The van der Waals surface area contributed by atoms with Crippen molar-refractivity contribution in [3.05, 3.63) is 17.5 Å². The number of hydrogen-bond acceptors (Lipinski definition) is 4. The Morgan fingerprint density at radius 2 is 2.23 bits per heavy atom. The van der Waals surface area contributed by atoms with Crippen LogP contribution in [0.15, 0.2) is 6.20 Å². The molecule has 1 rings (SSSR count). The summed E-state index contributed by atoms with van der Waals surface area (Å²) in [5.74, 6) is -0.503. The highest BCUT2D eigenvalue weighted by atomic mass is 19.3. The number of nitrogens with two attached hydrogens (primary N) is 1. The number of nitrogen functional groups attached to an aromatic ring is 1. The fourth-order valence-electron chi connectivity index (χ4n) is 0.843. The summed E-state index contributed by atoms with van der Waals surface area (Å²) >= 11 is 0. The van der Waals surface area contributed by atoms with E-state index in [-0.39, 0.29) is 11.8 Å². The Bertz CT molecular complexity index is 342. The highest BCUT2D eigenvalue weighted by Gasteiger charge is 2.17. The minimum absolute atomic E-state index is 0.207. The van der Waals surface area contributed by atoms with E-state index in [1.165, 1.54) is 0 Å². The number of hydrogen-bond donors (Lipinski definition) is 2. The molecular formula is C7H6F2N2O2. The van der Waals surface area contributed by atoms with Crippen molar-refractivity contribution in [3.63, 3.8) is 0 Å². The van der Waals surface area contributed by atoms with Gasteiger partial charge in [-0.25, -0.2) is 13.8 Å². The van der Waals surface area contributed by atoms with E-state index in [1.54, 1.807) is 0 Å². The minimum atomic E-state index is -2.86. The number of pyridine rings is 1. The molecule has 0 aliphatic rings. The first-order chi connectivity index (χ1) is 6.07. The minimum Gasteiger partial charge on any atom is -0.505 e. The van der Waals surface area contributed by atoms with Crippen LogP contribution in [0, 0.1) is 0 Å². The Morgan fingerprint density at radius 1 is 1.62 bits per heavy atom. The molecule has 0 fully saturated rings. The van der Waals surface area contributed by atoms with Crippen molar-refractivity contribution in [1.82, 2.24) is 4.98 Å². The van der Waals surface area contributed by atoms with E-state index in [4.69, 9.17) is 10.8 Å². The standard InChI is InChI=1S/C7H6F2N2O2/c8-7(9)6-5(10)3(2-12)4(13)1-11-6/h1-2,7,13H,10H2. The summed E-state index contributed by atoms with van der Waals surface area (Å²) in [5, 5.41) is 8.98. The maximum Gasteiger partial charge on any atom is 0.282 e. The summed E-state index contributed by atoms with van der Waals surface area (Å²) < 4.78 is 24.3. The van der Waals surface area contributed by atoms with Gasteiger partial charge in [-0.2, -0.15) is 0 Å². The number of aromatic nitrogens is 1. The van der Waals surface area contributed by atoms with E-state index in [0.717, 1.165) is 6.20 Å². The Balaban J connectivity index is 3.35. The molecule has 0 aromatic carbocycles. The van der Waals surface area contributed by atoms with Crippen molar-refractivity contribution in [3.8, 4) is 5.75 Å². The lowest BCUT2D eigenvalue weighted by Gasteiger charge is -2.06. The molecule has 3 N–H and O–H groups in total. The Kier molecular flexibility index (Phi) is 2.41. The summed E-state index contributed by atoms with van der Waals surface area (Å²) in [4.78, 5) is 13.5. The molecule has 0 amide bonds. The molecule has 13 heavy (non-hydrogen) atoms. The van der Waals surface area contributed by atoms with E-state index in [9.17, 15) is 13.6 Å². The number of alkyl halides is 2. The number of aldehydes is 1. The maximum absolute atomic E-state index is 12.1. The molecular weight excluding hydrogens is 182 g/mol. The van der Waals surface area contributed by atoms with Crippen molar-refractivity contribution in [2.75, 3.05) is 5.73 Å². The summed E-state index contributed by atoms with van der Waals surface area (Å²) in [6, 6.07) is 0. The molecule has 0 atom stereocenters. The van der Waals surface area contributed by atoms with Crippen LogP contribution in [0.1, 0.15) is 22.5 Å². The highest BCUT2D eigenvalue weighted by molar-refractivity contribution is 5.87. The van der Waals surface area contributed by atoms with E-state index >= 15 is 0 Å². The third kappa shape index (κ3) is 1.56. The number of carbonyl (C=O) groups is 1. The number of nitrogens with zero attached hydrogens (tertiary/aromatic N) is 1. The van der Waals surface area contributed by atoms with E-state index in [0.29, 0.717) is 0 Å². The molecule has 0 unspecified atom stereocenters. The lowest BCUT2D eigenvalue weighted by Crippen LogP contribution is -2.02. The molecule has 70 valence electrons. The van der Waals surface area contributed by atoms with Gasteiger partial charge in [0.2, 0.25) is 0 Å². The Labute approximate surface area is 72.0 Å². The van der Waals surface area contributed by atoms with Crippen LogP contribution in [-0.4, -0.2) is 16.4 Å². The second-order valence-electron chi connectivity index (χ2n) is 2.27. The molecule has 6 heteroatoms. The first-order valence-electron chi connectivity index (χ1n) is 3.28. The van der Waals surface area contributed by atoms with Crippen LogP contribution in [0.2, 0.25) is 0 Å². The van der Waals surface area contributed by atoms with Gasteiger partial charge in [-0.3, -0.25) is 4.79 Å². The molecule has 0 aliphatic carbocycles. The highest BCUT2D eigenvalue weighted by Crippen LogP contribution is 2.29. The molecule has 1 heterocycles. The fourth-order valence-corrected chi connectivity index (χ4v) is 0.843. The topological polar surface area (TPSA) is 76.2 Å². The largest absolute Gasteiger partial charge is 0.505 e. The number of anilines is 1. The summed E-state index contributed by atoms with van der Waals surface area (Å²) in [5.41, 5.74) is 3.63. The van der Waals surface area contributed by atoms with Crippen LogP contribution in [0.25, 0.3) is 0 Å². The predicted octanol–water partition coefficient (Wildman–Crippen LogP) is 1.12. The van der Waals surface area contributed by atoms with Gasteiger partial charge in [0.1, 0.15) is 11.4 Å². The molecule has 0 saturated carbocycles. The smallest absolute Gasteiger partial charge is 0.282 e. The summed E-state index contributed by atoms with van der Waals surface area (Å²) in [6.07, 6.45) is -1.89. The van der Waals surface area contributed by atoms with Crippen molar-refractivity contribution in [1.29, 1.82) is 0 Å². The molecule has 0 radical (unpaired) electrons. The molecule has 1 aromatic heterocycles. The molecule has 0 aliphatic heterocycles. The van der Waals surface area contributed by atoms with Gasteiger partial charge < -0.3 is 10.8 Å². The number of halogens is 2. The van der Waals surface area contributed by atoms with E-state index in [1.807, 2.05) is 0 Å². The predicted molar refractivity (Wildman–Crippen MR) is 40.7 cm³/mol. The van der Waals surface area contributed by atoms with Crippen LogP contribution >= 0.6 is 0 Å². The Hall–Kier alpha value is -1.72. The van der Waals surface area contributed by atoms with Crippen LogP contribution < -0.4 is 5.73 Å². The monoisotopic (exact) mass is 188 g/mol. The van der Waals surface area contributed by atoms with E-state index < -0.39 is 23.6 Å². The average Bonchev–Trinajstić information content (AvgIpc) is 2.04. The number of carbonyl (C=O) groups excluding carboxylic acids is 1. The zero-order valence-electron chi connectivity index (χ0n) is 6.37. The van der Waals surface area contributed by atoms with E-state index in [2.05, 4.69) is 4.98 Å². The molecule has 0 bridgehead atoms. The van der Waals surface area contributed by atoms with Gasteiger partial charge >= 0.3 is 0 Å². The second kappa shape index (κ2) is 3.34. The van der Waals surface area contributed by atoms with Crippen molar-refractivity contribution in [2.24, 2.45) is 0 Å². The van der Waals surface area contributed by atoms with Gasteiger partial charge in [0.15, 0.2) is 6.29 Å². The van der Waals surface area contributed by atoms with Crippen molar-refractivity contribution < 1.29 is 18.7 Å². The van der Waals surface area contributed by atoms with Crippen LogP contribution in [0.4, 0.5) is 14.5 Å². The third-order valence-electron chi connectivity index (χ3n) is 1.49. The van der Waals surface area contributed by atoms with Crippen LogP contribution in [0.5, 0.6) is 5.75 Å². The van der Waals surface area contributed by atoms with Crippen LogP contribution in [0.3, 0.4) is 0 Å². The van der Waals surface area contributed by atoms with Crippen molar-refractivity contribution in [2.45, 2.75) is 6.43 Å². The second-order valence-corrected chi connectivity index (χ2v) is 2.27. The van der Waals surface area contributed by atoms with Gasteiger partial charge in [-0.05, 0) is 0 Å². The quantitative estimate of drug-likeness (QED) is 0.682. The molecule has 0 saturated heterocycles. The van der Waals surface area contributed by atoms with Gasteiger partial charge in [0.05, 0.1) is 17.4 Å². The first kappa shape index (κ1) is 9.37. The lowest BCUT2D eigenvalue weighted by molar-refractivity contribution is 0.112. The first-order valence-corrected chi connectivity index (χ1v) is 3.28. The summed E-state index contributed by atoms with van der Waals surface area (Å²) in [7, 11) is 0. The molecule has 1 aromatic rings. The van der Waals surface area contributed by atoms with Gasteiger partial charge in [-0.1, -0.05) is 0 Å². The molecule has 4 nitrogen and oxygen atoms in total. The van der Waals surface area contributed by atoms with Crippen molar-refractivity contribution >= 4 is 12.0 Å². The normalized spacial score (nSPS) is 10.4. The average molecular weight is 188 g/mol.